The van der Waals surface area contributed by atoms with Crippen LogP contribution in [0.25, 0.3) is 0 Å². The van der Waals surface area contributed by atoms with Gasteiger partial charge in [0, 0.05) is 6.54 Å². The highest BCUT2D eigenvalue weighted by Crippen LogP contribution is 2.05. The lowest BCUT2D eigenvalue weighted by molar-refractivity contribution is -0.144. The fourth-order valence-corrected chi connectivity index (χ4v) is 3.23. The predicted molar refractivity (Wildman–Crippen MR) is 130 cm³/mol. The molecule has 0 radical (unpaired) electrons. The molecule has 0 bridgehead atoms. The van der Waals surface area contributed by atoms with Crippen molar-refractivity contribution in [2.24, 2.45) is 27.9 Å². The molecule has 0 aliphatic carbocycles. The van der Waals surface area contributed by atoms with E-state index in [4.69, 9.17) is 22.9 Å². The molecule has 0 rings (SSSR count). The van der Waals surface area contributed by atoms with Crippen LogP contribution in [0.5, 0.6) is 0 Å². The number of primary amides is 1. The van der Waals surface area contributed by atoms with Gasteiger partial charge in [-0.3, -0.25) is 24.2 Å². The third-order valence-electron chi connectivity index (χ3n) is 4.63. The summed E-state index contributed by atoms with van der Waals surface area (Å²) in [6.07, 6.45) is 0.469. The van der Waals surface area contributed by atoms with Crippen LogP contribution < -0.4 is 38.9 Å². The van der Waals surface area contributed by atoms with Crippen molar-refractivity contribution in [2.75, 3.05) is 18.6 Å². The molecule has 5 atom stereocenters. The van der Waals surface area contributed by atoms with Crippen molar-refractivity contribution in [1.82, 2.24) is 16.0 Å². The minimum absolute atomic E-state index is 0.0989. The summed E-state index contributed by atoms with van der Waals surface area (Å²) < 4.78 is 0. The zero-order valence-corrected chi connectivity index (χ0v) is 20.5. The Bertz CT molecular complexity index is 776. The molecule has 0 aliphatic heterocycles. The van der Waals surface area contributed by atoms with Gasteiger partial charge in [-0.1, -0.05) is 0 Å². The number of hydrogen-bond acceptors (Lipinski definition) is 9. The second-order valence-electron chi connectivity index (χ2n) is 7.69. The van der Waals surface area contributed by atoms with Gasteiger partial charge in [-0.25, -0.2) is 4.79 Å². The molecule has 0 aromatic rings. The number of nitrogens with two attached hydrogens (primary N) is 4. The molecule has 15 nitrogen and oxygen atoms in total. The Morgan fingerprint density at radius 1 is 0.943 bits per heavy atom. The highest BCUT2D eigenvalue weighted by atomic mass is 32.2. The molecular formula is C19H36N8O7S. The molecule has 0 spiro atoms. The Morgan fingerprint density at radius 2 is 1.54 bits per heavy atom. The lowest BCUT2D eigenvalue weighted by atomic mass is 10.1. The van der Waals surface area contributed by atoms with E-state index in [0.29, 0.717) is 12.2 Å². The van der Waals surface area contributed by atoms with Crippen LogP contribution in [0, 0.1) is 0 Å². The van der Waals surface area contributed by atoms with Gasteiger partial charge in [0.25, 0.3) is 0 Å². The van der Waals surface area contributed by atoms with Crippen LogP contribution in [0.1, 0.15) is 32.6 Å². The SMILES string of the molecule is CSCCC(NC(=O)C(NC(=O)C(N)CCCN=C(N)N)C(C)O)C(=O)NC(CC(N)=O)C(=O)O. The topological polar surface area (TPSA) is 278 Å². The van der Waals surface area contributed by atoms with E-state index < -0.39 is 66.3 Å². The summed E-state index contributed by atoms with van der Waals surface area (Å²) in [6, 6.07) is -5.26. The molecule has 4 amide bonds. The van der Waals surface area contributed by atoms with E-state index in [1.54, 1.807) is 6.26 Å². The van der Waals surface area contributed by atoms with Gasteiger partial charge in [-0.05, 0) is 38.2 Å². The number of aliphatic hydroxyl groups excluding tert-OH is 1. The third kappa shape index (κ3) is 13.4. The van der Waals surface area contributed by atoms with Crippen LogP contribution in [0.3, 0.4) is 0 Å². The molecule has 0 aromatic heterocycles. The third-order valence-corrected chi connectivity index (χ3v) is 5.27. The number of carboxylic acid groups (broad SMARTS) is 1. The Balaban J connectivity index is 5.29. The van der Waals surface area contributed by atoms with Gasteiger partial charge >= 0.3 is 5.97 Å². The monoisotopic (exact) mass is 520 g/mol. The average Bonchev–Trinajstić information content (AvgIpc) is 2.75. The van der Waals surface area contributed by atoms with E-state index in [-0.39, 0.29) is 25.3 Å². The molecular weight excluding hydrogens is 484 g/mol. The van der Waals surface area contributed by atoms with Crippen molar-refractivity contribution in [3.63, 3.8) is 0 Å². The molecule has 200 valence electrons. The number of aliphatic carboxylic acids is 1. The predicted octanol–water partition coefficient (Wildman–Crippen LogP) is -4.08. The lowest BCUT2D eigenvalue weighted by Gasteiger charge is -2.26. The normalized spacial score (nSPS) is 15.0. The van der Waals surface area contributed by atoms with Gasteiger partial charge in [-0.2, -0.15) is 11.8 Å². The molecule has 0 heterocycles. The zero-order valence-electron chi connectivity index (χ0n) is 19.7. The van der Waals surface area contributed by atoms with Gasteiger partial charge in [0.1, 0.15) is 18.1 Å². The number of thioether (sulfide) groups is 1. The van der Waals surface area contributed by atoms with Gasteiger partial charge < -0.3 is 49.1 Å². The fraction of sp³-hybridized carbons (Fsp3) is 0.684. The number of carboxylic acids is 1. The number of aliphatic hydroxyl groups is 1. The molecule has 35 heavy (non-hydrogen) atoms. The molecule has 0 fully saturated rings. The minimum atomic E-state index is -1.59. The number of nitrogens with one attached hydrogen (secondary N) is 3. The van der Waals surface area contributed by atoms with E-state index in [2.05, 4.69) is 20.9 Å². The number of aliphatic imine (C=N–C) groups is 1. The second-order valence-corrected chi connectivity index (χ2v) is 8.68. The number of rotatable bonds is 17. The highest BCUT2D eigenvalue weighted by Gasteiger charge is 2.32. The first-order chi connectivity index (χ1) is 16.3. The first kappa shape index (κ1) is 31.9. The molecule has 0 aromatic carbocycles. The van der Waals surface area contributed by atoms with E-state index >= 15 is 0 Å². The van der Waals surface area contributed by atoms with E-state index in [0.717, 1.165) is 0 Å². The summed E-state index contributed by atoms with van der Waals surface area (Å²) in [6.45, 7) is 1.52. The number of carbonyl (C=O) groups is 5. The maximum absolute atomic E-state index is 12.8. The summed E-state index contributed by atoms with van der Waals surface area (Å²) >= 11 is 1.37. The summed E-state index contributed by atoms with van der Waals surface area (Å²) in [5.74, 6) is -4.56. The number of carbonyl (C=O) groups excluding carboxylic acids is 4. The maximum atomic E-state index is 12.8. The Hall–Kier alpha value is -3.11. The number of hydrogen-bond donors (Lipinski definition) is 9. The standard InChI is InChI=1S/C19H36N8O7S/c1-9(28)14(27-15(30)10(20)4-3-6-24-19(22)23)17(32)25-11(5-7-35-2)16(31)26-12(18(33)34)8-13(21)29/h9-12,14,28H,3-8,20H2,1-2H3,(H2,21,29)(H,25,32)(H,26,31)(H,27,30)(H,33,34)(H4,22,23,24). The van der Waals surface area contributed by atoms with E-state index in [9.17, 15) is 34.2 Å². The number of amides is 4. The van der Waals surface area contributed by atoms with Crippen molar-refractivity contribution < 1.29 is 34.2 Å². The highest BCUT2D eigenvalue weighted by molar-refractivity contribution is 7.98. The summed E-state index contributed by atoms with van der Waals surface area (Å²) in [4.78, 5) is 64.0. The van der Waals surface area contributed by atoms with Gasteiger partial charge in [-0.15, -0.1) is 0 Å². The van der Waals surface area contributed by atoms with Crippen molar-refractivity contribution >= 4 is 47.3 Å². The second kappa shape index (κ2) is 16.5. The molecule has 5 unspecified atom stereocenters. The average molecular weight is 521 g/mol. The van der Waals surface area contributed by atoms with Crippen molar-refractivity contribution in [3.8, 4) is 0 Å². The summed E-state index contributed by atoms with van der Waals surface area (Å²) in [5.41, 5.74) is 21.3. The molecule has 16 heteroatoms. The Kier molecular flexibility index (Phi) is 15.0. The summed E-state index contributed by atoms with van der Waals surface area (Å²) in [7, 11) is 0. The van der Waals surface area contributed by atoms with Crippen LogP contribution in [0.4, 0.5) is 0 Å². The van der Waals surface area contributed by atoms with Crippen molar-refractivity contribution in [3.05, 3.63) is 0 Å². The number of nitrogens with zero attached hydrogens (tertiary/aromatic N) is 1. The first-order valence-corrected chi connectivity index (χ1v) is 12.1. The Morgan fingerprint density at radius 3 is 2.03 bits per heavy atom. The van der Waals surface area contributed by atoms with E-state index in [1.807, 2.05) is 0 Å². The largest absolute Gasteiger partial charge is 0.480 e. The molecule has 13 N–H and O–H groups in total. The van der Waals surface area contributed by atoms with Crippen LogP contribution in [-0.4, -0.2) is 94.6 Å². The van der Waals surface area contributed by atoms with Crippen LogP contribution in [-0.2, 0) is 24.0 Å². The van der Waals surface area contributed by atoms with Gasteiger partial charge in [0.15, 0.2) is 5.96 Å². The quantitative estimate of drug-likeness (QED) is 0.0505. The first-order valence-electron chi connectivity index (χ1n) is 10.7. The summed E-state index contributed by atoms with van der Waals surface area (Å²) in [5, 5.41) is 26.2. The van der Waals surface area contributed by atoms with Crippen LogP contribution in [0.2, 0.25) is 0 Å². The molecule has 0 saturated carbocycles. The van der Waals surface area contributed by atoms with Gasteiger partial charge in [0.05, 0.1) is 18.6 Å². The zero-order chi connectivity index (χ0) is 27.1. The lowest BCUT2D eigenvalue weighted by Crippen LogP contribution is -2.60. The van der Waals surface area contributed by atoms with Crippen LogP contribution >= 0.6 is 11.8 Å². The van der Waals surface area contributed by atoms with Crippen molar-refractivity contribution in [1.29, 1.82) is 0 Å². The Labute approximate surface area is 207 Å². The maximum Gasteiger partial charge on any atom is 0.326 e. The number of guanidine groups is 1. The van der Waals surface area contributed by atoms with Gasteiger partial charge in [0.2, 0.25) is 23.6 Å². The van der Waals surface area contributed by atoms with Crippen molar-refractivity contribution in [2.45, 2.75) is 62.9 Å². The minimum Gasteiger partial charge on any atom is -0.480 e. The smallest absolute Gasteiger partial charge is 0.326 e. The fourth-order valence-electron chi connectivity index (χ4n) is 2.76. The molecule has 0 saturated heterocycles. The van der Waals surface area contributed by atoms with E-state index in [1.165, 1.54) is 18.7 Å². The molecule has 0 aliphatic rings. The van der Waals surface area contributed by atoms with Crippen LogP contribution in [0.15, 0.2) is 4.99 Å².